The summed E-state index contributed by atoms with van der Waals surface area (Å²) in [7, 11) is 0. The maximum Gasteiger partial charge on any atom is 0.306 e. The average molecular weight is 246 g/mol. The maximum atomic E-state index is 11.5. The third kappa shape index (κ3) is 10.3. The predicted octanol–water partition coefficient (Wildman–Crippen LogP) is 2.02. The molecule has 102 valence electrons. The van der Waals surface area contributed by atoms with Gasteiger partial charge in [-0.1, -0.05) is 6.42 Å². The first-order chi connectivity index (χ1) is 7.66. The highest BCUT2D eigenvalue weighted by Gasteiger charge is 2.22. The van der Waals surface area contributed by atoms with Crippen LogP contribution in [0.15, 0.2) is 0 Å². The minimum atomic E-state index is -0.667. The molecule has 0 aromatic heterocycles. The lowest BCUT2D eigenvalue weighted by Crippen LogP contribution is -2.29. The standard InChI is InChI=1S/C13H26O4/c1-12(2,16)8-6-5-7-11(15)17-13(3,4)9-10-14/h14,16H,5-10H2,1-4H3. The number of hydrogen-bond acceptors (Lipinski definition) is 4. The van der Waals surface area contributed by atoms with Gasteiger partial charge in [-0.2, -0.15) is 0 Å². The monoisotopic (exact) mass is 246 g/mol. The van der Waals surface area contributed by atoms with Gasteiger partial charge in [0.15, 0.2) is 0 Å². The van der Waals surface area contributed by atoms with Crippen molar-refractivity contribution in [2.75, 3.05) is 6.61 Å². The van der Waals surface area contributed by atoms with Crippen molar-refractivity contribution in [1.29, 1.82) is 0 Å². The number of esters is 1. The zero-order chi connectivity index (χ0) is 13.5. The van der Waals surface area contributed by atoms with Crippen molar-refractivity contribution >= 4 is 5.97 Å². The van der Waals surface area contributed by atoms with E-state index in [1.165, 1.54) is 0 Å². The van der Waals surface area contributed by atoms with Crippen LogP contribution in [0.4, 0.5) is 0 Å². The van der Waals surface area contributed by atoms with E-state index in [0.717, 1.165) is 12.8 Å². The Bertz CT molecular complexity index is 228. The number of aliphatic hydroxyl groups is 2. The largest absolute Gasteiger partial charge is 0.460 e. The van der Waals surface area contributed by atoms with E-state index in [0.29, 0.717) is 19.3 Å². The van der Waals surface area contributed by atoms with Crippen molar-refractivity contribution < 1.29 is 19.7 Å². The van der Waals surface area contributed by atoms with Crippen molar-refractivity contribution in [2.45, 2.75) is 71.0 Å². The van der Waals surface area contributed by atoms with Crippen LogP contribution < -0.4 is 0 Å². The molecule has 0 bridgehead atoms. The minimum Gasteiger partial charge on any atom is -0.460 e. The van der Waals surface area contributed by atoms with Gasteiger partial charge in [0.05, 0.1) is 5.60 Å². The van der Waals surface area contributed by atoms with Crippen LogP contribution in [-0.2, 0) is 9.53 Å². The summed E-state index contributed by atoms with van der Waals surface area (Å²) >= 11 is 0. The van der Waals surface area contributed by atoms with Crippen molar-refractivity contribution in [2.24, 2.45) is 0 Å². The number of rotatable bonds is 8. The molecule has 0 saturated heterocycles. The van der Waals surface area contributed by atoms with Crippen LogP contribution in [0.5, 0.6) is 0 Å². The average Bonchev–Trinajstić information content (AvgIpc) is 2.09. The number of hydrogen-bond donors (Lipinski definition) is 2. The lowest BCUT2D eigenvalue weighted by molar-refractivity contribution is -0.157. The molecule has 17 heavy (non-hydrogen) atoms. The molecular formula is C13H26O4. The molecular weight excluding hydrogens is 220 g/mol. The first-order valence-electron chi connectivity index (χ1n) is 6.21. The van der Waals surface area contributed by atoms with E-state index in [9.17, 15) is 9.90 Å². The Morgan fingerprint density at radius 1 is 1.12 bits per heavy atom. The molecule has 0 heterocycles. The fourth-order valence-corrected chi connectivity index (χ4v) is 1.51. The minimum absolute atomic E-state index is 0.0129. The molecule has 0 saturated carbocycles. The molecule has 0 aliphatic carbocycles. The smallest absolute Gasteiger partial charge is 0.306 e. The molecule has 0 radical (unpaired) electrons. The van der Waals surface area contributed by atoms with Gasteiger partial charge in [-0.05, 0) is 40.5 Å². The van der Waals surface area contributed by atoms with Crippen LogP contribution in [0.1, 0.15) is 59.8 Å². The van der Waals surface area contributed by atoms with Gasteiger partial charge < -0.3 is 14.9 Å². The van der Waals surface area contributed by atoms with E-state index >= 15 is 0 Å². The number of aliphatic hydroxyl groups excluding tert-OH is 1. The molecule has 0 atom stereocenters. The van der Waals surface area contributed by atoms with Gasteiger partial charge in [0.25, 0.3) is 0 Å². The molecule has 2 N–H and O–H groups in total. The van der Waals surface area contributed by atoms with E-state index in [2.05, 4.69) is 0 Å². The summed E-state index contributed by atoms with van der Waals surface area (Å²) in [4.78, 5) is 11.5. The van der Waals surface area contributed by atoms with Crippen LogP contribution >= 0.6 is 0 Å². The molecule has 4 nitrogen and oxygen atoms in total. The third-order valence-electron chi connectivity index (χ3n) is 2.52. The Kier molecular flexibility index (Phi) is 6.72. The highest BCUT2D eigenvalue weighted by Crippen LogP contribution is 2.17. The lowest BCUT2D eigenvalue weighted by Gasteiger charge is -2.24. The van der Waals surface area contributed by atoms with Gasteiger partial charge in [0, 0.05) is 19.4 Å². The number of ether oxygens (including phenoxy) is 1. The summed E-state index contributed by atoms with van der Waals surface area (Å²) in [6.07, 6.45) is 3.02. The van der Waals surface area contributed by atoms with Crippen LogP contribution in [0.2, 0.25) is 0 Å². The summed E-state index contributed by atoms with van der Waals surface area (Å²) < 4.78 is 5.25. The quantitative estimate of drug-likeness (QED) is 0.508. The Hall–Kier alpha value is -0.610. The molecule has 0 rings (SSSR count). The molecule has 0 aromatic carbocycles. The Balaban J connectivity index is 3.74. The molecule has 0 spiro atoms. The van der Waals surface area contributed by atoms with E-state index in [1.807, 2.05) is 0 Å². The van der Waals surface area contributed by atoms with Crippen LogP contribution in [0, 0.1) is 0 Å². The van der Waals surface area contributed by atoms with Crippen molar-refractivity contribution in [3.8, 4) is 0 Å². The zero-order valence-electron chi connectivity index (χ0n) is 11.5. The fourth-order valence-electron chi connectivity index (χ4n) is 1.51. The number of unbranched alkanes of at least 4 members (excludes halogenated alkanes) is 1. The molecule has 0 aliphatic rings. The highest BCUT2D eigenvalue weighted by molar-refractivity contribution is 5.69. The van der Waals surface area contributed by atoms with Crippen molar-refractivity contribution in [1.82, 2.24) is 0 Å². The van der Waals surface area contributed by atoms with E-state index < -0.39 is 11.2 Å². The van der Waals surface area contributed by atoms with Crippen LogP contribution in [0.3, 0.4) is 0 Å². The second kappa shape index (κ2) is 6.97. The van der Waals surface area contributed by atoms with E-state index in [4.69, 9.17) is 9.84 Å². The molecule has 0 unspecified atom stereocenters. The van der Waals surface area contributed by atoms with Crippen molar-refractivity contribution in [3.05, 3.63) is 0 Å². The zero-order valence-corrected chi connectivity index (χ0v) is 11.5. The maximum absolute atomic E-state index is 11.5. The first kappa shape index (κ1) is 16.4. The lowest BCUT2D eigenvalue weighted by atomic mass is 10.0. The van der Waals surface area contributed by atoms with E-state index in [1.54, 1.807) is 27.7 Å². The molecule has 0 amide bonds. The van der Waals surface area contributed by atoms with Gasteiger partial charge in [-0.3, -0.25) is 4.79 Å². The summed E-state index contributed by atoms with van der Waals surface area (Å²) in [6.45, 7) is 7.11. The van der Waals surface area contributed by atoms with E-state index in [-0.39, 0.29) is 12.6 Å². The van der Waals surface area contributed by atoms with Gasteiger partial charge in [-0.15, -0.1) is 0 Å². The van der Waals surface area contributed by atoms with Crippen molar-refractivity contribution in [3.63, 3.8) is 0 Å². The second-order valence-corrected chi connectivity index (χ2v) is 5.73. The Morgan fingerprint density at radius 2 is 1.71 bits per heavy atom. The normalized spacial score (nSPS) is 12.6. The third-order valence-corrected chi connectivity index (χ3v) is 2.52. The van der Waals surface area contributed by atoms with Gasteiger partial charge >= 0.3 is 5.97 Å². The summed E-state index contributed by atoms with van der Waals surface area (Å²) in [5.41, 5.74) is -1.26. The fraction of sp³-hybridized carbons (Fsp3) is 0.923. The topological polar surface area (TPSA) is 66.8 Å². The summed E-state index contributed by atoms with van der Waals surface area (Å²) in [5, 5.41) is 18.3. The highest BCUT2D eigenvalue weighted by atomic mass is 16.6. The van der Waals surface area contributed by atoms with Crippen LogP contribution in [0.25, 0.3) is 0 Å². The Labute approximate surface area is 104 Å². The van der Waals surface area contributed by atoms with Gasteiger partial charge in [-0.25, -0.2) is 0 Å². The molecule has 0 aliphatic heterocycles. The number of carbonyl (C=O) groups excluding carboxylic acids is 1. The van der Waals surface area contributed by atoms with Crippen LogP contribution in [-0.4, -0.2) is 34.0 Å². The molecule has 0 fully saturated rings. The number of carbonyl (C=O) groups is 1. The molecule has 4 heteroatoms. The predicted molar refractivity (Wildman–Crippen MR) is 66.6 cm³/mol. The SMILES string of the molecule is CC(C)(O)CCCCC(=O)OC(C)(C)CCO. The van der Waals surface area contributed by atoms with Gasteiger partial charge in [0.2, 0.25) is 0 Å². The first-order valence-corrected chi connectivity index (χ1v) is 6.21. The van der Waals surface area contributed by atoms with Gasteiger partial charge in [0.1, 0.15) is 5.60 Å². The Morgan fingerprint density at radius 3 is 2.18 bits per heavy atom. The summed E-state index contributed by atoms with van der Waals surface area (Å²) in [5.74, 6) is -0.237. The summed E-state index contributed by atoms with van der Waals surface area (Å²) in [6, 6.07) is 0. The molecule has 0 aromatic rings. The second-order valence-electron chi connectivity index (χ2n) is 5.73.